The highest BCUT2D eigenvalue weighted by Crippen LogP contribution is 2.48. The molecular formula is C6H6Cl2O2. The first-order chi connectivity index (χ1) is 4.55. The van der Waals surface area contributed by atoms with E-state index in [9.17, 15) is 9.59 Å². The van der Waals surface area contributed by atoms with Gasteiger partial charge in [0, 0.05) is 11.8 Å². The first kappa shape index (κ1) is 8.02. The van der Waals surface area contributed by atoms with Crippen LogP contribution in [0, 0.1) is 17.8 Å². The molecule has 4 heteroatoms. The van der Waals surface area contributed by atoms with Gasteiger partial charge in [0.1, 0.15) is 0 Å². The summed E-state index contributed by atoms with van der Waals surface area (Å²) in [5.41, 5.74) is 0. The smallest absolute Gasteiger partial charge is 0.225 e. The first-order valence-electron chi connectivity index (χ1n) is 2.94. The summed E-state index contributed by atoms with van der Waals surface area (Å²) in [7, 11) is 0. The van der Waals surface area contributed by atoms with Crippen LogP contribution in [-0.4, -0.2) is 10.5 Å². The molecule has 0 amide bonds. The van der Waals surface area contributed by atoms with Gasteiger partial charge in [-0.3, -0.25) is 9.59 Å². The van der Waals surface area contributed by atoms with Crippen molar-refractivity contribution >= 4 is 33.7 Å². The Morgan fingerprint density at radius 1 is 1.10 bits per heavy atom. The van der Waals surface area contributed by atoms with Crippen LogP contribution in [0.3, 0.4) is 0 Å². The minimum absolute atomic E-state index is 0.0370. The van der Waals surface area contributed by atoms with Crippen molar-refractivity contribution in [3.8, 4) is 0 Å². The average molecular weight is 181 g/mol. The van der Waals surface area contributed by atoms with Crippen LogP contribution in [0.5, 0.6) is 0 Å². The van der Waals surface area contributed by atoms with Gasteiger partial charge in [0.2, 0.25) is 10.5 Å². The molecule has 0 aromatic carbocycles. The number of hydrogen-bond acceptors (Lipinski definition) is 2. The molecule has 0 N–H and O–H groups in total. The topological polar surface area (TPSA) is 34.1 Å². The zero-order valence-electron chi connectivity index (χ0n) is 5.30. The molecule has 1 aliphatic rings. The van der Waals surface area contributed by atoms with E-state index >= 15 is 0 Å². The van der Waals surface area contributed by atoms with Crippen molar-refractivity contribution in [3.63, 3.8) is 0 Å². The van der Waals surface area contributed by atoms with Crippen molar-refractivity contribution in [1.82, 2.24) is 0 Å². The van der Waals surface area contributed by atoms with Crippen LogP contribution >= 0.6 is 23.2 Å². The van der Waals surface area contributed by atoms with Crippen molar-refractivity contribution in [2.24, 2.45) is 17.8 Å². The number of hydrogen-bond donors (Lipinski definition) is 0. The van der Waals surface area contributed by atoms with Gasteiger partial charge < -0.3 is 0 Å². The summed E-state index contributed by atoms with van der Waals surface area (Å²) in [6, 6.07) is 0. The molecule has 0 heterocycles. The quantitative estimate of drug-likeness (QED) is 0.603. The molecule has 1 rings (SSSR count). The van der Waals surface area contributed by atoms with Gasteiger partial charge in [-0.15, -0.1) is 0 Å². The molecule has 0 aromatic heterocycles. The highest BCUT2D eigenvalue weighted by molar-refractivity contribution is 6.67. The molecule has 56 valence electrons. The molecular weight excluding hydrogens is 175 g/mol. The zero-order valence-corrected chi connectivity index (χ0v) is 6.82. The van der Waals surface area contributed by atoms with Crippen molar-refractivity contribution in [2.75, 3.05) is 0 Å². The normalized spacial score (nSPS) is 37.3. The molecule has 0 bridgehead atoms. The van der Waals surface area contributed by atoms with E-state index in [1.54, 1.807) is 6.92 Å². The maximum absolute atomic E-state index is 10.5. The molecule has 0 aromatic rings. The van der Waals surface area contributed by atoms with E-state index in [0.29, 0.717) is 0 Å². The highest BCUT2D eigenvalue weighted by atomic mass is 35.5. The molecule has 0 unspecified atom stereocenters. The molecule has 0 aliphatic heterocycles. The summed E-state index contributed by atoms with van der Waals surface area (Å²) in [5, 5.41) is -0.905. The molecule has 1 saturated carbocycles. The van der Waals surface area contributed by atoms with Gasteiger partial charge in [0.25, 0.3) is 0 Å². The Labute approximate surface area is 68.5 Å². The Hall–Kier alpha value is -0.0800. The first-order valence-corrected chi connectivity index (χ1v) is 3.70. The fraction of sp³-hybridized carbons (Fsp3) is 0.667. The number of carbonyl (C=O) groups excluding carboxylic acids is 2. The van der Waals surface area contributed by atoms with Crippen molar-refractivity contribution < 1.29 is 9.59 Å². The Balaban J connectivity index is 2.57. The van der Waals surface area contributed by atoms with Gasteiger partial charge in [0.15, 0.2) is 0 Å². The maximum atomic E-state index is 10.5. The Kier molecular flexibility index (Phi) is 2.02. The van der Waals surface area contributed by atoms with Crippen LogP contribution in [-0.2, 0) is 9.59 Å². The van der Waals surface area contributed by atoms with E-state index in [4.69, 9.17) is 23.2 Å². The minimum Gasteiger partial charge on any atom is -0.281 e. The minimum atomic E-state index is -0.452. The number of halogens is 2. The summed E-state index contributed by atoms with van der Waals surface area (Å²) < 4.78 is 0. The lowest BCUT2D eigenvalue weighted by Gasteiger charge is -1.82. The monoisotopic (exact) mass is 180 g/mol. The Bertz CT molecular complexity index is 170. The average Bonchev–Trinajstić information content (AvgIpc) is 2.40. The Morgan fingerprint density at radius 2 is 1.40 bits per heavy atom. The van der Waals surface area contributed by atoms with Gasteiger partial charge in [-0.05, 0) is 29.1 Å². The SMILES string of the molecule is CC1[C@H](C(=O)Cl)[C@H]1C(=O)Cl. The summed E-state index contributed by atoms with van der Waals surface area (Å²) in [6.07, 6.45) is 0. The second-order valence-electron chi connectivity index (χ2n) is 2.52. The Morgan fingerprint density at radius 3 is 1.50 bits per heavy atom. The third-order valence-electron chi connectivity index (χ3n) is 1.90. The molecule has 2 atom stereocenters. The fourth-order valence-corrected chi connectivity index (χ4v) is 1.83. The predicted molar refractivity (Wildman–Crippen MR) is 37.9 cm³/mol. The summed E-state index contributed by atoms with van der Waals surface area (Å²) in [6.45, 7) is 1.79. The molecule has 2 nitrogen and oxygen atoms in total. The second kappa shape index (κ2) is 2.51. The predicted octanol–water partition coefficient (Wildman–Crippen LogP) is 1.40. The lowest BCUT2D eigenvalue weighted by Crippen LogP contribution is -1.96. The van der Waals surface area contributed by atoms with Crippen molar-refractivity contribution in [1.29, 1.82) is 0 Å². The van der Waals surface area contributed by atoms with Gasteiger partial charge in [-0.2, -0.15) is 0 Å². The van der Waals surface area contributed by atoms with Crippen LogP contribution in [0.15, 0.2) is 0 Å². The molecule has 10 heavy (non-hydrogen) atoms. The van der Waals surface area contributed by atoms with Crippen LogP contribution in [0.2, 0.25) is 0 Å². The van der Waals surface area contributed by atoms with Gasteiger partial charge in [-0.25, -0.2) is 0 Å². The molecule has 0 spiro atoms. The third kappa shape index (κ3) is 1.18. The van der Waals surface area contributed by atoms with Crippen LogP contribution < -0.4 is 0 Å². The van der Waals surface area contributed by atoms with Crippen molar-refractivity contribution in [3.05, 3.63) is 0 Å². The fourth-order valence-electron chi connectivity index (χ4n) is 1.16. The number of carbonyl (C=O) groups is 2. The third-order valence-corrected chi connectivity index (χ3v) is 2.41. The summed E-state index contributed by atoms with van der Waals surface area (Å²) >= 11 is 10.3. The van der Waals surface area contributed by atoms with Crippen LogP contribution in [0.4, 0.5) is 0 Å². The molecule has 0 saturated heterocycles. The van der Waals surface area contributed by atoms with Crippen molar-refractivity contribution in [2.45, 2.75) is 6.92 Å². The van der Waals surface area contributed by atoms with Crippen LogP contribution in [0.1, 0.15) is 6.92 Å². The lowest BCUT2D eigenvalue weighted by atomic mass is 10.4. The van der Waals surface area contributed by atoms with Gasteiger partial charge in [0.05, 0.1) is 0 Å². The molecule has 0 radical (unpaired) electrons. The van der Waals surface area contributed by atoms with Gasteiger partial charge in [-0.1, -0.05) is 6.92 Å². The summed E-state index contributed by atoms with van der Waals surface area (Å²) in [5.74, 6) is -0.617. The summed E-state index contributed by atoms with van der Waals surface area (Å²) in [4.78, 5) is 21.0. The highest BCUT2D eigenvalue weighted by Gasteiger charge is 2.54. The standard InChI is InChI=1S/C6H6Cl2O2/c1-2-3(5(7)9)4(2)6(8)10/h2-4H,1H3/t3-,4-/m0/s1. The van der Waals surface area contributed by atoms with E-state index < -0.39 is 10.5 Å². The lowest BCUT2D eigenvalue weighted by molar-refractivity contribution is -0.117. The van der Waals surface area contributed by atoms with Crippen LogP contribution in [0.25, 0.3) is 0 Å². The zero-order chi connectivity index (χ0) is 7.89. The van der Waals surface area contributed by atoms with E-state index in [2.05, 4.69) is 0 Å². The van der Waals surface area contributed by atoms with E-state index in [-0.39, 0.29) is 17.8 Å². The molecule has 1 fully saturated rings. The molecule has 1 aliphatic carbocycles. The van der Waals surface area contributed by atoms with E-state index in [0.717, 1.165) is 0 Å². The van der Waals surface area contributed by atoms with Gasteiger partial charge >= 0.3 is 0 Å². The maximum Gasteiger partial charge on any atom is 0.225 e. The van der Waals surface area contributed by atoms with E-state index in [1.807, 2.05) is 0 Å². The number of rotatable bonds is 2. The van der Waals surface area contributed by atoms with E-state index in [1.165, 1.54) is 0 Å². The second-order valence-corrected chi connectivity index (χ2v) is 3.26. The largest absolute Gasteiger partial charge is 0.281 e.